The molecule has 2 aliphatic rings. The van der Waals surface area contributed by atoms with Crippen molar-refractivity contribution in [2.24, 2.45) is 5.41 Å². The maximum atomic E-state index is 13.8. The number of non-ortho nitro benzene ring substituents is 1. The average molecular weight is 459 g/mol. The number of allylic oxidation sites excluding steroid dienone is 1. The fraction of sp³-hybridized carbons (Fsp3) is 0.304. The van der Waals surface area contributed by atoms with Gasteiger partial charge in [-0.3, -0.25) is 24.6 Å². The van der Waals surface area contributed by atoms with E-state index in [1.165, 1.54) is 36.4 Å². The predicted octanol–water partition coefficient (Wildman–Crippen LogP) is 5.30. The van der Waals surface area contributed by atoms with E-state index in [2.05, 4.69) is 5.32 Å². The molecule has 172 valence electrons. The molecular formula is C23H20F3N3O4. The Balaban J connectivity index is 2.05. The molecule has 33 heavy (non-hydrogen) atoms. The first kappa shape index (κ1) is 22.5. The van der Waals surface area contributed by atoms with E-state index in [1.807, 2.05) is 13.8 Å². The van der Waals surface area contributed by atoms with Crippen LogP contribution in [0.2, 0.25) is 0 Å². The molecule has 10 heteroatoms. The number of carbonyl (C=O) groups excluding carboxylic acids is 2. The van der Waals surface area contributed by atoms with Crippen molar-refractivity contribution >= 4 is 28.8 Å². The zero-order valence-corrected chi connectivity index (χ0v) is 17.8. The number of alkyl halides is 3. The summed E-state index contributed by atoms with van der Waals surface area (Å²) in [7, 11) is 0. The number of nitro groups is 1. The van der Waals surface area contributed by atoms with E-state index in [0.717, 1.165) is 6.07 Å². The molecule has 0 unspecified atom stereocenters. The van der Waals surface area contributed by atoms with E-state index in [-0.39, 0.29) is 34.6 Å². The first-order valence-electron chi connectivity index (χ1n) is 10.2. The zero-order valence-electron chi connectivity index (χ0n) is 17.8. The second-order valence-corrected chi connectivity index (χ2v) is 8.90. The highest BCUT2D eigenvalue weighted by Crippen LogP contribution is 2.49. The Hall–Kier alpha value is -3.69. The monoisotopic (exact) mass is 459 g/mol. The SMILES string of the molecule is CC1(C)CC(=O)C2=C(C1)Nc1ccccc1N(C(=O)C(F)(F)F)[C@H]2c1cccc([N+](=O)[O-])c1. The van der Waals surface area contributed by atoms with E-state index in [0.29, 0.717) is 17.0 Å². The van der Waals surface area contributed by atoms with Crippen LogP contribution in [0.15, 0.2) is 59.8 Å². The molecule has 1 aliphatic carbocycles. The number of nitrogens with zero attached hydrogens (tertiary/aromatic N) is 2. The van der Waals surface area contributed by atoms with Gasteiger partial charge < -0.3 is 5.32 Å². The number of Topliss-reactive ketones (excluding diaryl/α,β-unsaturated/α-hetero) is 1. The van der Waals surface area contributed by atoms with Gasteiger partial charge in [0.15, 0.2) is 5.78 Å². The summed E-state index contributed by atoms with van der Waals surface area (Å²) < 4.78 is 41.3. The standard InChI is InChI=1S/C23H20F3N3O4/c1-22(2)11-16-19(18(30)12-22)20(13-6-5-7-14(10-13)29(32)33)28(21(31)23(24,25)26)17-9-4-3-8-15(17)27-16/h3-10,20,27H,11-12H2,1-2H3/t20-/m0/s1. The minimum Gasteiger partial charge on any atom is -0.357 e. The minimum atomic E-state index is -5.24. The normalized spacial score (nSPS) is 19.8. The van der Waals surface area contributed by atoms with Gasteiger partial charge in [0, 0.05) is 29.8 Å². The van der Waals surface area contributed by atoms with E-state index in [1.54, 1.807) is 6.07 Å². The molecule has 0 saturated carbocycles. The van der Waals surface area contributed by atoms with Crippen molar-refractivity contribution < 1.29 is 27.7 Å². The number of benzene rings is 2. The van der Waals surface area contributed by atoms with E-state index < -0.39 is 34.2 Å². The molecule has 1 N–H and O–H groups in total. The molecule has 0 aromatic heterocycles. The van der Waals surface area contributed by atoms with Crippen LogP contribution in [-0.2, 0) is 9.59 Å². The van der Waals surface area contributed by atoms with Crippen molar-refractivity contribution in [3.63, 3.8) is 0 Å². The topological polar surface area (TPSA) is 92.6 Å². The van der Waals surface area contributed by atoms with Crippen LogP contribution in [0.25, 0.3) is 0 Å². The lowest BCUT2D eigenvalue weighted by molar-refractivity contribution is -0.384. The lowest BCUT2D eigenvalue weighted by Gasteiger charge is -2.37. The maximum absolute atomic E-state index is 13.8. The van der Waals surface area contributed by atoms with Gasteiger partial charge in [0.05, 0.1) is 22.3 Å². The number of nitro benzene ring substituents is 1. The molecular weight excluding hydrogens is 439 g/mol. The molecule has 0 saturated heterocycles. The summed E-state index contributed by atoms with van der Waals surface area (Å²) in [6.07, 6.45) is -4.83. The summed E-state index contributed by atoms with van der Waals surface area (Å²) >= 11 is 0. The highest BCUT2D eigenvalue weighted by Gasteiger charge is 2.50. The molecule has 7 nitrogen and oxygen atoms in total. The van der Waals surface area contributed by atoms with Crippen LogP contribution in [0.3, 0.4) is 0 Å². The summed E-state index contributed by atoms with van der Waals surface area (Å²) in [5, 5.41) is 14.4. The number of rotatable bonds is 2. The molecule has 2 aromatic carbocycles. The highest BCUT2D eigenvalue weighted by atomic mass is 19.4. The maximum Gasteiger partial charge on any atom is 0.471 e. The van der Waals surface area contributed by atoms with Crippen molar-refractivity contribution in [1.29, 1.82) is 0 Å². The first-order valence-corrected chi connectivity index (χ1v) is 10.2. The Kier molecular flexibility index (Phi) is 5.26. The van der Waals surface area contributed by atoms with Crippen molar-refractivity contribution in [2.45, 2.75) is 38.9 Å². The minimum absolute atomic E-state index is 0.00335. The summed E-state index contributed by atoms with van der Waals surface area (Å²) in [6.45, 7) is 3.74. The molecule has 1 atom stereocenters. The number of hydrogen-bond donors (Lipinski definition) is 1. The number of nitrogens with one attached hydrogen (secondary N) is 1. The van der Waals surface area contributed by atoms with Gasteiger partial charge in [-0.05, 0) is 29.5 Å². The van der Waals surface area contributed by atoms with Crippen LogP contribution in [0.5, 0.6) is 0 Å². The number of fused-ring (bicyclic) bond motifs is 1. The summed E-state index contributed by atoms with van der Waals surface area (Å²) in [5.74, 6) is -2.59. The van der Waals surface area contributed by atoms with Gasteiger partial charge in [-0.25, -0.2) is 0 Å². The lowest BCUT2D eigenvalue weighted by atomic mass is 9.73. The van der Waals surface area contributed by atoms with Crippen molar-refractivity contribution in [1.82, 2.24) is 0 Å². The summed E-state index contributed by atoms with van der Waals surface area (Å²) in [6, 6.07) is 9.49. The van der Waals surface area contributed by atoms with Crippen LogP contribution in [0, 0.1) is 15.5 Å². The van der Waals surface area contributed by atoms with Gasteiger partial charge in [-0.15, -0.1) is 0 Å². The largest absolute Gasteiger partial charge is 0.471 e. The van der Waals surface area contributed by atoms with Gasteiger partial charge in [0.25, 0.3) is 5.69 Å². The third-order valence-corrected chi connectivity index (χ3v) is 5.76. The van der Waals surface area contributed by atoms with E-state index in [4.69, 9.17) is 0 Å². The molecule has 2 aromatic rings. The summed E-state index contributed by atoms with van der Waals surface area (Å²) in [5.41, 5.74) is -0.212. The number of halogens is 3. The number of hydrogen-bond acceptors (Lipinski definition) is 5. The van der Waals surface area contributed by atoms with Crippen molar-refractivity contribution in [3.05, 3.63) is 75.5 Å². The number of amides is 1. The molecule has 0 spiro atoms. The van der Waals surface area contributed by atoms with Gasteiger partial charge in [-0.1, -0.05) is 38.1 Å². The number of anilines is 2. The zero-order chi connectivity index (χ0) is 24.1. The third-order valence-electron chi connectivity index (χ3n) is 5.76. The van der Waals surface area contributed by atoms with Gasteiger partial charge >= 0.3 is 12.1 Å². The van der Waals surface area contributed by atoms with Crippen molar-refractivity contribution in [2.75, 3.05) is 10.2 Å². The van der Waals surface area contributed by atoms with Gasteiger partial charge in [-0.2, -0.15) is 13.2 Å². The Morgan fingerprint density at radius 1 is 1.15 bits per heavy atom. The molecule has 0 fully saturated rings. The van der Waals surface area contributed by atoms with Crippen LogP contribution < -0.4 is 10.2 Å². The van der Waals surface area contributed by atoms with Crippen LogP contribution >= 0.6 is 0 Å². The summed E-state index contributed by atoms with van der Waals surface area (Å²) in [4.78, 5) is 37.3. The lowest BCUT2D eigenvalue weighted by Crippen LogP contribution is -2.45. The molecule has 1 aliphatic heterocycles. The fourth-order valence-corrected chi connectivity index (χ4v) is 4.47. The number of carbonyl (C=O) groups is 2. The number of ketones is 1. The molecule has 1 amide bonds. The third kappa shape index (κ3) is 4.08. The van der Waals surface area contributed by atoms with Gasteiger partial charge in [0.1, 0.15) is 0 Å². The van der Waals surface area contributed by atoms with Gasteiger partial charge in [0.2, 0.25) is 0 Å². The quantitative estimate of drug-likeness (QED) is 0.486. The average Bonchev–Trinajstić information content (AvgIpc) is 2.85. The molecule has 0 bridgehead atoms. The first-order chi connectivity index (χ1) is 15.4. The second-order valence-electron chi connectivity index (χ2n) is 8.90. The second kappa shape index (κ2) is 7.72. The molecule has 1 heterocycles. The Morgan fingerprint density at radius 2 is 1.85 bits per heavy atom. The molecule has 4 rings (SSSR count). The predicted molar refractivity (Wildman–Crippen MR) is 114 cm³/mol. The fourth-order valence-electron chi connectivity index (χ4n) is 4.47. The van der Waals surface area contributed by atoms with Crippen LogP contribution in [0.1, 0.15) is 38.3 Å². The Bertz CT molecular complexity index is 1200. The number of para-hydroxylation sites is 2. The Labute approximate surface area is 187 Å². The highest BCUT2D eigenvalue weighted by molar-refractivity contribution is 6.07. The van der Waals surface area contributed by atoms with Crippen molar-refractivity contribution in [3.8, 4) is 0 Å². The smallest absolute Gasteiger partial charge is 0.357 e. The van der Waals surface area contributed by atoms with Crippen LogP contribution in [-0.4, -0.2) is 22.8 Å². The molecule has 0 radical (unpaired) electrons. The van der Waals surface area contributed by atoms with E-state index in [9.17, 15) is 32.9 Å². The van der Waals surface area contributed by atoms with Crippen LogP contribution in [0.4, 0.5) is 30.2 Å². The Morgan fingerprint density at radius 3 is 2.52 bits per heavy atom. The van der Waals surface area contributed by atoms with E-state index >= 15 is 0 Å².